The molecule has 2 aromatic heterocycles. The molecule has 3 rings (SSSR count). The first-order valence-electron chi connectivity index (χ1n) is 7.41. The van der Waals surface area contributed by atoms with Crippen LogP contribution in [-0.4, -0.2) is 21.3 Å². The normalized spacial score (nSPS) is 16.3. The van der Waals surface area contributed by atoms with Gasteiger partial charge in [-0.2, -0.15) is 5.26 Å². The van der Waals surface area contributed by atoms with E-state index in [2.05, 4.69) is 4.98 Å². The summed E-state index contributed by atoms with van der Waals surface area (Å²) in [6.45, 7) is 1.75. The summed E-state index contributed by atoms with van der Waals surface area (Å²) in [4.78, 5) is 17.0. The molecule has 3 heterocycles. The minimum atomic E-state index is -0.648. The molecule has 2 aromatic rings. The summed E-state index contributed by atoms with van der Waals surface area (Å²) >= 11 is 0. The van der Waals surface area contributed by atoms with Crippen LogP contribution in [-0.2, 0) is 6.54 Å². The zero-order valence-electron chi connectivity index (χ0n) is 13.1. The number of aromatic nitrogens is 2. The van der Waals surface area contributed by atoms with Crippen LogP contribution >= 0.6 is 0 Å². The quantitative estimate of drug-likeness (QED) is 0.861. The van der Waals surface area contributed by atoms with Crippen LogP contribution in [0.4, 0.5) is 0 Å². The molecule has 0 spiro atoms. The van der Waals surface area contributed by atoms with Crippen LogP contribution in [0, 0.1) is 18.3 Å². The van der Waals surface area contributed by atoms with E-state index in [0.29, 0.717) is 22.6 Å². The van der Waals surface area contributed by atoms with Gasteiger partial charge < -0.3 is 20.1 Å². The molecule has 0 aliphatic carbocycles. The average molecular weight is 324 g/mol. The number of aryl methyl sites for hydroxylation is 1. The van der Waals surface area contributed by atoms with Crippen LogP contribution in [0.1, 0.15) is 22.7 Å². The van der Waals surface area contributed by atoms with E-state index in [1.165, 1.54) is 4.57 Å². The van der Waals surface area contributed by atoms with E-state index < -0.39 is 5.92 Å². The number of nitrogens with two attached hydrogens (primary N) is 1. The molecule has 1 unspecified atom stereocenters. The highest BCUT2D eigenvalue weighted by atomic mass is 16.5. The Bertz CT molecular complexity index is 910. The first-order chi connectivity index (χ1) is 11.6. The number of hydrogen-bond acceptors (Lipinski definition) is 6. The molecule has 0 saturated heterocycles. The number of fused-ring (bicyclic) bond motifs is 1. The zero-order chi connectivity index (χ0) is 17.3. The lowest BCUT2D eigenvalue weighted by molar-refractivity contribution is 0.272. The third-order valence-electron chi connectivity index (χ3n) is 4.03. The first kappa shape index (κ1) is 15.8. The van der Waals surface area contributed by atoms with Gasteiger partial charge in [-0.1, -0.05) is 6.07 Å². The molecule has 7 heteroatoms. The van der Waals surface area contributed by atoms with Gasteiger partial charge in [-0.05, 0) is 18.6 Å². The molecule has 3 N–H and O–H groups in total. The molecule has 7 nitrogen and oxygen atoms in total. The predicted octanol–water partition coefficient (Wildman–Crippen LogP) is 0.762. The Morgan fingerprint density at radius 1 is 1.54 bits per heavy atom. The Kier molecular flexibility index (Phi) is 4.06. The molecule has 0 radical (unpaired) electrons. The summed E-state index contributed by atoms with van der Waals surface area (Å²) in [5, 5.41) is 18.7. The van der Waals surface area contributed by atoms with Gasteiger partial charge in [-0.3, -0.25) is 9.78 Å². The van der Waals surface area contributed by atoms with E-state index in [-0.39, 0.29) is 30.2 Å². The molecule has 0 fully saturated rings. The predicted molar refractivity (Wildman–Crippen MR) is 86.1 cm³/mol. The molecule has 0 aromatic carbocycles. The Hall–Kier alpha value is -3.11. The number of nitriles is 1. The van der Waals surface area contributed by atoms with E-state index in [0.717, 1.165) is 0 Å². The van der Waals surface area contributed by atoms with Gasteiger partial charge in [0, 0.05) is 30.7 Å². The summed E-state index contributed by atoms with van der Waals surface area (Å²) in [5.41, 5.74) is 7.41. The molecule has 1 aliphatic rings. The maximum atomic E-state index is 13.0. The van der Waals surface area contributed by atoms with Crippen molar-refractivity contribution >= 4 is 0 Å². The van der Waals surface area contributed by atoms with E-state index in [9.17, 15) is 15.2 Å². The van der Waals surface area contributed by atoms with Crippen LogP contribution in [0.25, 0.3) is 0 Å². The largest absolute Gasteiger partial charge is 0.440 e. The number of hydrogen-bond donors (Lipinski definition) is 2. The average Bonchev–Trinajstić information content (AvgIpc) is 2.58. The van der Waals surface area contributed by atoms with Gasteiger partial charge in [0.05, 0.1) is 18.1 Å². The highest BCUT2D eigenvalue weighted by molar-refractivity contribution is 5.54. The van der Waals surface area contributed by atoms with Crippen LogP contribution in [0.5, 0.6) is 5.75 Å². The second kappa shape index (κ2) is 6.18. The van der Waals surface area contributed by atoms with Crippen molar-refractivity contribution in [3.05, 3.63) is 69.2 Å². The molecule has 122 valence electrons. The molecular weight excluding hydrogens is 308 g/mol. The van der Waals surface area contributed by atoms with Crippen molar-refractivity contribution in [2.75, 3.05) is 6.61 Å². The lowest BCUT2D eigenvalue weighted by Gasteiger charge is -2.27. The molecule has 0 amide bonds. The number of pyridine rings is 2. The van der Waals surface area contributed by atoms with E-state index in [1.807, 2.05) is 6.07 Å². The van der Waals surface area contributed by atoms with E-state index in [1.54, 1.807) is 37.5 Å². The third-order valence-corrected chi connectivity index (χ3v) is 4.03. The lowest BCUT2D eigenvalue weighted by Crippen LogP contribution is -2.33. The van der Waals surface area contributed by atoms with Crippen molar-refractivity contribution in [3.8, 4) is 11.8 Å². The van der Waals surface area contributed by atoms with Crippen molar-refractivity contribution in [2.45, 2.75) is 19.4 Å². The van der Waals surface area contributed by atoms with Crippen molar-refractivity contribution in [1.29, 1.82) is 5.26 Å². The highest BCUT2D eigenvalue weighted by Crippen LogP contribution is 2.40. The first-order valence-corrected chi connectivity index (χ1v) is 7.41. The second-order valence-corrected chi connectivity index (χ2v) is 5.46. The van der Waals surface area contributed by atoms with Gasteiger partial charge in [-0.15, -0.1) is 0 Å². The van der Waals surface area contributed by atoms with Gasteiger partial charge in [0.1, 0.15) is 17.4 Å². The zero-order valence-corrected chi connectivity index (χ0v) is 13.1. The molecular formula is C17H16N4O3. The number of rotatable bonds is 3. The Morgan fingerprint density at radius 2 is 2.33 bits per heavy atom. The topological polar surface area (TPSA) is 114 Å². The Balaban J connectivity index is 2.32. The number of aliphatic hydroxyl groups excluding tert-OH is 1. The number of allylic oxidation sites excluding steroid dienone is 1. The maximum Gasteiger partial charge on any atom is 0.258 e. The highest BCUT2D eigenvalue weighted by Gasteiger charge is 2.34. The standard InChI is InChI=1S/C17H16N4O3/c1-10-7-13-15(17(23)21(10)5-6-22)14(11-3-2-4-20-9-11)12(8-18)16(19)24-13/h2-4,7,9,14,22H,5-6,19H2,1H3. The summed E-state index contributed by atoms with van der Waals surface area (Å²) in [5.74, 6) is -0.333. The minimum absolute atomic E-state index is 0.0161. The van der Waals surface area contributed by atoms with Crippen molar-refractivity contribution in [3.63, 3.8) is 0 Å². The molecule has 24 heavy (non-hydrogen) atoms. The van der Waals surface area contributed by atoms with Crippen molar-refractivity contribution < 1.29 is 9.84 Å². The fraction of sp³-hybridized carbons (Fsp3) is 0.235. The van der Waals surface area contributed by atoms with Crippen LogP contribution in [0.15, 0.2) is 46.8 Å². The van der Waals surface area contributed by atoms with Crippen LogP contribution in [0.2, 0.25) is 0 Å². The summed E-state index contributed by atoms with van der Waals surface area (Å²) in [7, 11) is 0. The van der Waals surface area contributed by atoms with Gasteiger partial charge in [0.2, 0.25) is 5.88 Å². The SMILES string of the molecule is Cc1cc2c(c(=O)n1CCO)C(c1cccnc1)C(C#N)=C(N)O2. The maximum absolute atomic E-state index is 13.0. The lowest BCUT2D eigenvalue weighted by atomic mass is 9.85. The van der Waals surface area contributed by atoms with Crippen LogP contribution in [0.3, 0.4) is 0 Å². The number of nitrogens with zero attached hydrogens (tertiary/aromatic N) is 3. The van der Waals surface area contributed by atoms with Crippen molar-refractivity contribution in [1.82, 2.24) is 9.55 Å². The van der Waals surface area contributed by atoms with Crippen LogP contribution < -0.4 is 16.0 Å². The van der Waals surface area contributed by atoms with E-state index in [4.69, 9.17) is 10.5 Å². The fourth-order valence-corrected chi connectivity index (χ4v) is 2.94. The Morgan fingerprint density at radius 3 is 2.96 bits per heavy atom. The minimum Gasteiger partial charge on any atom is -0.440 e. The molecule has 0 bridgehead atoms. The summed E-state index contributed by atoms with van der Waals surface area (Å²) in [6.07, 6.45) is 3.21. The smallest absolute Gasteiger partial charge is 0.258 e. The van der Waals surface area contributed by atoms with Gasteiger partial charge >= 0.3 is 0 Å². The fourth-order valence-electron chi connectivity index (χ4n) is 2.94. The summed E-state index contributed by atoms with van der Waals surface area (Å²) in [6, 6.07) is 7.25. The number of aliphatic hydroxyl groups is 1. The molecule has 1 aliphatic heterocycles. The third kappa shape index (κ3) is 2.43. The van der Waals surface area contributed by atoms with Gasteiger partial charge in [0.25, 0.3) is 5.56 Å². The van der Waals surface area contributed by atoms with E-state index >= 15 is 0 Å². The summed E-state index contributed by atoms with van der Waals surface area (Å²) < 4.78 is 6.98. The van der Waals surface area contributed by atoms with Gasteiger partial charge in [-0.25, -0.2) is 0 Å². The monoisotopic (exact) mass is 324 g/mol. The Labute approximate surface area is 138 Å². The van der Waals surface area contributed by atoms with Gasteiger partial charge in [0.15, 0.2) is 0 Å². The van der Waals surface area contributed by atoms with Crippen molar-refractivity contribution in [2.24, 2.45) is 5.73 Å². The molecule has 0 saturated carbocycles. The molecule has 1 atom stereocenters. The second-order valence-electron chi connectivity index (χ2n) is 5.46. The number of ether oxygens (including phenoxy) is 1.